The molecule has 3 aromatic heterocycles. The molecule has 2 atom stereocenters. The molecule has 1 fully saturated rings. The average Bonchev–Trinajstić information content (AvgIpc) is 3.17. The van der Waals surface area contributed by atoms with Crippen LogP contribution in [0.2, 0.25) is 0 Å². The number of carbonyl (C=O) groups excluding carboxylic acids is 1. The lowest BCUT2D eigenvalue weighted by molar-refractivity contribution is 0.00134. The van der Waals surface area contributed by atoms with Gasteiger partial charge >= 0.3 is 6.09 Å². The van der Waals surface area contributed by atoms with Crippen LogP contribution in [0, 0.1) is 16.7 Å². The van der Waals surface area contributed by atoms with E-state index in [-0.39, 0.29) is 17.4 Å². The van der Waals surface area contributed by atoms with Crippen LogP contribution < -0.4 is 5.73 Å². The summed E-state index contributed by atoms with van der Waals surface area (Å²) in [6.07, 6.45) is 12.4. The number of likely N-dealkylation sites (tertiary alicyclic amines) is 1. The summed E-state index contributed by atoms with van der Waals surface area (Å²) in [5.41, 5.74) is 8.55. The molecular weight excluding hydrogens is 468 g/mol. The number of nitrogens with two attached hydrogens (primary N) is 1. The van der Waals surface area contributed by atoms with E-state index in [1.165, 1.54) is 18.7 Å². The molecule has 0 aromatic carbocycles. The number of rotatable bonds is 2. The number of fused-ring (bicyclic) bond motifs is 1. The van der Waals surface area contributed by atoms with E-state index in [0.717, 1.165) is 36.9 Å². The molecule has 1 aliphatic heterocycles. The van der Waals surface area contributed by atoms with E-state index in [1.807, 2.05) is 37.3 Å². The number of allylic oxidation sites excluding steroid dienone is 2. The summed E-state index contributed by atoms with van der Waals surface area (Å²) in [4.78, 5) is 32.9. The van der Waals surface area contributed by atoms with E-state index < -0.39 is 5.60 Å². The number of nitrogen functional groups attached to an aromatic ring is 1. The maximum absolute atomic E-state index is 13.2. The Morgan fingerprint density at radius 1 is 1.19 bits per heavy atom. The Bertz CT molecular complexity index is 1410. The largest absolute Gasteiger partial charge is 0.444 e. The van der Waals surface area contributed by atoms with Crippen LogP contribution in [0.4, 0.5) is 10.6 Å². The van der Waals surface area contributed by atoms with E-state index in [9.17, 15) is 10.1 Å². The van der Waals surface area contributed by atoms with Gasteiger partial charge in [-0.05, 0) is 51.9 Å². The van der Waals surface area contributed by atoms with Crippen LogP contribution in [-0.4, -0.2) is 54.2 Å². The number of nitriles is 1. The fraction of sp³-hybridized carbons (Fsp3) is 0.481. The molecule has 37 heavy (non-hydrogen) atoms. The van der Waals surface area contributed by atoms with E-state index >= 15 is 0 Å². The number of hydrogen-bond acceptors (Lipinski definition) is 8. The Hall–Kier alpha value is -4.00. The number of ether oxygens (including phenoxy) is 1. The van der Waals surface area contributed by atoms with Crippen LogP contribution in [0.5, 0.6) is 0 Å². The minimum absolute atomic E-state index is 0.0495. The number of aryl methyl sites for hydroxylation is 1. The fourth-order valence-corrected chi connectivity index (χ4v) is 5.80. The molecule has 1 aliphatic carbocycles. The highest BCUT2D eigenvalue weighted by molar-refractivity contribution is 6.01. The van der Waals surface area contributed by atoms with Gasteiger partial charge in [0.15, 0.2) is 5.82 Å². The first-order valence-corrected chi connectivity index (χ1v) is 12.6. The predicted octanol–water partition coefficient (Wildman–Crippen LogP) is 4.33. The molecule has 2 unspecified atom stereocenters. The molecule has 3 aromatic rings. The second kappa shape index (κ2) is 9.14. The molecule has 4 heterocycles. The van der Waals surface area contributed by atoms with Gasteiger partial charge < -0.3 is 19.9 Å². The SMILES string of the molecule is Cn1c(C2CN(C(=O)OC(C)(C)C)CCC23CC=CCC3)c(-c2ncc(C#N)cn2)c2c(N)ncnc21. The van der Waals surface area contributed by atoms with Crippen molar-refractivity contribution in [2.45, 2.75) is 58.0 Å². The molecular formula is C27H32N8O2. The van der Waals surface area contributed by atoms with E-state index in [4.69, 9.17) is 10.5 Å². The Kier molecular flexibility index (Phi) is 6.10. The Morgan fingerprint density at radius 2 is 1.95 bits per heavy atom. The molecule has 1 amide bonds. The van der Waals surface area contributed by atoms with Crippen molar-refractivity contribution in [3.05, 3.63) is 42.1 Å². The van der Waals surface area contributed by atoms with Crippen LogP contribution in [-0.2, 0) is 11.8 Å². The fourth-order valence-electron chi connectivity index (χ4n) is 5.80. The van der Waals surface area contributed by atoms with Gasteiger partial charge in [-0.3, -0.25) is 0 Å². The van der Waals surface area contributed by atoms with Crippen molar-refractivity contribution in [3.63, 3.8) is 0 Å². The van der Waals surface area contributed by atoms with Gasteiger partial charge in [-0.25, -0.2) is 24.7 Å². The smallest absolute Gasteiger partial charge is 0.410 e. The lowest BCUT2D eigenvalue weighted by Crippen LogP contribution is -2.50. The number of nitrogens with zero attached hydrogens (tertiary/aromatic N) is 7. The predicted molar refractivity (Wildman–Crippen MR) is 139 cm³/mol. The first-order valence-electron chi connectivity index (χ1n) is 12.6. The molecule has 5 rings (SSSR count). The van der Waals surface area contributed by atoms with Crippen LogP contribution in [0.15, 0.2) is 30.9 Å². The summed E-state index contributed by atoms with van der Waals surface area (Å²) in [6.45, 7) is 6.76. The molecule has 0 radical (unpaired) electrons. The third-order valence-corrected chi connectivity index (χ3v) is 7.55. The third-order valence-electron chi connectivity index (χ3n) is 7.55. The Balaban J connectivity index is 1.71. The van der Waals surface area contributed by atoms with Gasteiger partial charge in [0, 0.05) is 44.1 Å². The van der Waals surface area contributed by atoms with E-state index in [1.54, 1.807) is 0 Å². The second-order valence-corrected chi connectivity index (χ2v) is 11.0. The van der Waals surface area contributed by atoms with Gasteiger partial charge in [0.25, 0.3) is 0 Å². The molecule has 192 valence electrons. The van der Waals surface area contributed by atoms with E-state index in [0.29, 0.717) is 41.3 Å². The zero-order valence-electron chi connectivity index (χ0n) is 21.7. The topological polar surface area (TPSA) is 136 Å². The van der Waals surface area contributed by atoms with Gasteiger partial charge in [-0.1, -0.05) is 12.2 Å². The summed E-state index contributed by atoms with van der Waals surface area (Å²) in [6, 6.07) is 2.08. The lowest BCUT2D eigenvalue weighted by Gasteiger charge is -2.49. The third kappa shape index (κ3) is 4.39. The number of aromatic nitrogens is 5. The first-order chi connectivity index (χ1) is 17.6. The van der Waals surface area contributed by atoms with Crippen LogP contribution >= 0.6 is 0 Å². The lowest BCUT2D eigenvalue weighted by atomic mass is 9.62. The average molecular weight is 501 g/mol. The summed E-state index contributed by atoms with van der Waals surface area (Å²) < 4.78 is 7.80. The molecule has 2 aliphatic rings. The molecule has 10 heteroatoms. The van der Waals surface area contributed by atoms with Crippen molar-refractivity contribution >= 4 is 22.9 Å². The monoisotopic (exact) mass is 500 g/mol. The molecule has 0 saturated carbocycles. The maximum atomic E-state index is 13.2. The van der Waals surface area contributed by atoms with Crippen molar-refractivity contribution in [2.75, 3.05) is 18.8 Å². The minimum atomic E-state index is -0.583. The van der Waals surface area contributed by atoms with Crippen molar-refractivity contribution in [3.8, 4) is 17.5 Å². The zero-order valence-corrected chi connectivity index (χ0v) is 21.7. The summed E-state index contributed by atoms with van der Waals surface area (Å²) >= 11 is 0. The highest BCUT2D eigenvalue weighted by Crippen LogP contribution is 2.54. The Morgan fingerprint density at radius 3 is 2.59 bits per heavy atom. The molecule has 1 saturated heterocycles. The van der Waals surface area contributed by atoms with Gasteiger partial charge in [-0.15, -0.1) is 0 Å². The number of anilines is 1. The van der Waals surface area contributed by atoms with Crippen molar-refractivity contribution in [1.82, 2.24) is 29.4 Å². The molecule has 10 nitrogen and oxygen atoms in total. The van der Waals surface area contributed by atoms with Crippen LogP contribution in [0.25, 0.3) is 22.4 Å². The molecule has 0 bridgehead atoms. The summed E-state index contributed by atoms with van der Waals surface area (Å²) in [7, 11) is 1.97. The van der Waals surface area contributed by atoms with Crippen LogP contribution in [0.1, 0.15) is 63.6 Å². The zero-order chi connectivity index (χ0) is 26.4. The molecule has 2 N–H and O–H groups in total. The first kappa shape index (κ1) is 24.7. The van der Waals surface area contributed by atoms with Crippen molar-refractivity contribution < 1.29 is 9.53 Å². The number of hydrogen-bond donors (Lipinski definition) is 1. The van der Waals surface area contributed by atoms with Gasteiger partial charge in [0.05, 0.1) is 16.5 Å². The number of amides is 1. The standard InChI is InChI=1S/C27H32N8O2/c1-26(2,3)37-25(36)35-11-10-27(8-6-5-7-9-27)18(15-35)21-19(23-30-13-17(12-28)14-31-23)20-22(29)32-16-33-24(20)34(21)4/h5-6,13-14,16,18H,7-11,15H2,1-4H3,(H2,29,32,33). The van der Waals surface area contributed by atoms with Crippen LogP contribution in [0.3, 0.4) is 0 Å². The maximum Gasteiger partial charge on any atom is 0.410 e. The quantitative estimate of drug-likeness (QED) is 0.514. The summed E-state index contributed by atoms with van der Waals surface area (Å²) in [5, 5.41) is 9.96. The number of carbonyl (C=O) groups is 1. The second-order valence-electron chi connectivity index (χ2n) is 11.0. The highest BCUT2D eigenvalue weighted by atomic mass is 16.6. The van der Waals surface area contributed by atoms with Gasteiger partial charge in [-0.2, -0.15) is 5.26 Å². The van der Waals surface area contributed by atoms with Crippen molar-refractivity contribution in [2.24, 2.45) is 12.5 Å². The minimum Gasteiger partial charge on any atom is -0.444 e. The molecule has 1 spiro atoms. The van der Waals surface area contributed by atoms with Crippen molar-refractivity contribution in [1.29, 1.82) is 5.26 Å². The normalized spacial score (nSPS) is 21.8. The van der Waals surface area contributed by atoms with Gasteiger partial charge in [0.2, 0.25) is 0 Å². The van der Waals surface area contributed by atoms with E-state index in [2.05, 4.69) is 38.2 Å². The number of piperidine rings is 1. The summed E-state index contributed by atoms with van der Waals surface area (Å²) in [5.74, 6) is 0.746. The highest BCUT2D eigenvalue weighted by Gasteiger charge is 2.47. The van der Waals surface area contributed by atoms with Gasteiger partial charge in [0.1, 0.15) is 29.5 Å². The Labute approximate surface area is 216 Å².